The fourth-order valence-electron chi connectivity index (χ4n) is 3.99. The number of fused-ring (bicyclic) bond motifs is 1. The molecule has 0 saturated carbocycles. The fraction of sp³-hybridized carbons (Fsp3) is 0.304. The molecule has 1 saturated heterocycles. The van der Waals surface area contributed by atoms with Crippen LogP contribution < -0.4 is 15.4 Å². The molecule has 0 bridgehead atoms. The standard InChI is InChI=1S/C23H23ClN8O4S/c1-25-22(35)18-16(33)17(34)23(37-18)32-10-29-15-20(28-9-13-6-14(36-2)3-4-27-13)30-19(31-21(15)32)11-5-12(24)8-26-7-11/h3-8,10,16-18,23,33-34H,9H2,1-2H3,(H,25,35)(H,28,30,31)/t16-,17+,18-,23+/m0/s1. The van der Waals surface area contributed by atoms with Crippen LogP contribution in [-0.2, 0) is 11.3 Å². The smallest absolute Gasteiger partial charge is 0.235 e. The Morgan fingerprint density at radius 3 is 2.81 bits per heavy atom. The van der Waals surface area contributed by atoms with E-state index in [4.69, 9.17) is 21.3 Å². The Hall–Kier alpha value is -3.52. The van der Waals surface area contributed by atoms with Crippen molar-refractivity contribution in [3.63, 3.8) is 0 Å². The van der Waals surface area contributed by atoms with Crippen molar-refractivity contribution in [3.05, 3.63) is 53.8 Å². The molecule has 1 aliphatic rings. The van der Waals surface area contributed by atoms with Gasteiger partial charge < -0.3 is 25.6 Å². The van der Waals surface area contributed by atoms with Gasteiger partial charge in [-0.05, 0) is 12.1 Å². The Labute approximate surface area is 220 Å². The maximum atomic E-state index is 12.2. The molecular formula is C23H23ClN8O4S. The first-order valence-electron chi connectivity index (χ1n) is 11.2. The molecule has 4 N–H and O–H groups in total. The molecule has 0 radical (unpaired) electrons. The summed E-state index contributed by atoms with van der Waals surface area (Å²) in [6.45, 7) is 0.321. The summed E-state index contributed by atoms with van der Waals surface area (Å²) in [4.78, 5) is 34.6. The van der Waals surface area contributed by atoms with Gasteiger partial charge in [-0.25, -0.2) is 15.0 Å². The van der Waals surface area contributed by atoms with E-state index >= 15 is 0 Å². The summed E-state index contributed by atoms with van der Waals surface area (Å²) >= 11 is 7.29. The number of aliphatic hydroxyl groups excluding tert-OH is 2. The van der Waals surface area contributed by atoms with Crippen molar-refractivity contribution >= 4 is 46.3 Å². The quantitative estimate of drug-likeness (QED) is 0.269. The Balaban J connectivity index is 1.57. The third-order valence-corrected chi connectivity index (χ3v) is 7.64. The molecule has 1 fully saturated rings. The van der Waals surface area contributed by atoms with Gasteiger partial charge in [0, 0.05) is 37.3 Å². The van der Waals surface area contributed by atoms with E-state index in [9.17, 15) is 15.0 Å². The normalized spacial score (nSPS) is 21.2. The summed E-state index contributed by atoms with van der Waals surface area (Å²) < 4.78 is 6.91. The number of nitrogens with zero attached hydrogens (tertiary/aromatic N) is 6. The number of carbonyl (C=O) groups excluding carboxylic acids is 1. The summed E-state index contributed by atoms with van der Waals surface area (Å²) in [6, 6.07) is 5.25. The van der Waals surface area contributed by atoms with Crippen LogP contribution in [0.15, 0.2) is 43.1 Å². The molecule has 4 aromatic heterocycles. The number of methoxy groups -OCH3 is 1. The zero-order chi connectivity index (χ0) is 26.1. The number of ether oxygens (including phenoxy) is 1. The van der Waals surface area contributed by atoms with E-state index in [-0.39, 0.29) is 5.91 Å². The zero-order valence-electron chi connectivity index (χ0n) is 19.7. The average molecular weight is 543 g/mol. The van der Waals surface area contributed by atoms with Gasteiger partial charge in [-0.15, -0.1) is 11.8 Å². The van der Waals surface area contributed by atoms with Crippen molar-refractivity contribution in [1.82, 2.24) is 34.8 Å². The van der Waals surface area contributed by atoms with Crippen molar-refractivity contribution in [2.24, 2.45) is 0 Å². The number of amides is 1. The number of hydrogen-bond donors (Lipinski definition) is 4. The number of carbonyl (C=O) groups is 1. The first kappa shape index (κ1) is 25.1. The van der Waals surface area contributed by atoms with Crippen LogP contribution in [0.3, 0.4) is 0 Å². The van der Waals surface area contributed by atoms with Crippen LogP contribution in [0, 0.1) is 0 Å². The van der Waals surface area contributed by atoms with Crippen molar-refractivity contribution in [3.8, 4) is 17.1 Å². The van der Waals surface area contributed by atoms with Crippen LogP contribution in [0.5, 0.6) is 5.75 Å². The van der Waals surface area contributed by atoms with Crippen LogP contribution in [0.2, 0.25) is 5.02 Å². The topological polar surface area (TPSA) is 160 Å². The van der Waals surface area contributed by atoms with Crippen molar-refractivity contribution in [1.29, 1.82) is 0 Å². The first-order valence-corrected chi connectivity index (χ1v) is 12.5. The molecule has 4 atom stereocenters. The molecule has 0 aromatic carbocycles. The second kappa shape index (κ2) is 10.5. The van der Waals surface area contributed by atoms with Crippen LogP contribution in [0.25, 0.3) is 22.6 Å². The lowest BCUT2D eigenvalue weighted by molar-refractivity contribution is -0.122. The van der Waals surface area contributed by atoms with Gasteiger partial charge in [-0.2, -0.15) is 0 Å². The second-order valence-electron chi connectivity index (χ2n) is 8.19. The van der Waals surface area contributed by atoms with Gasteiger partial charge >= 0.3 is 0 Å². The molecule has 1 amide bonds. The number of anilines is 1. The summed E-state index contributed by atoms with van der Waals surface area (Å²) in [6.07, 6.45) is 3.76. The molecule has 1 aliphatic heterocycles. The lowest BCUT2D eigenvalue weighted by Gasteiger charge is -2.17. The number of pyridine rings is 2. The number of thioether (sulfide) groups is 1. The van der Waals surface area contributed by atoms with Crippen LogP contribution in [0.4, 0.5) is 5.82 Å². The largest absolute Gasteiger partial charge is 0.497 e. The van der Waals surface area contributed by atoms with Gasteiger partial charge in [0.25, 0.3) is 0 Å². The third kappa shape index (κ3) is 4.90. The number of imidazole rings is 1. The highest BCUT2D eigenvalue weighted by molar-refractivity contribution is 8.01. The molecule has 14 heteroatoms. The Morgan fingerprint density at radius 1 is 1.22 bits per heavy atom. The summed E-state index contributed by atoms with van der Waals surface area (Å²) in [5, 5.41) is 25.9. The highest BCUT2D eigenvalue weighted by Gasteiger charge is 2.47. The molecule has 192 valence electrons. The number of nitrogens with one attached hydrogen (secondary N) is 2. The predicted octanol–water partition coefficient (Wildman–Crippen LogP) is 1.64. The monoisotopic (exact) mass is 542 g/mol. The molecule has 37 heavy (non-hydrogen) atoms. The number of hydrogen-bond acceptors (Lipinski definition) is 11. The van der Waals surface area contributed by atoms with E-state index < -0.39 is 22.8 Å². The highest BCUT2D eigenvalue weighted by atomic mass is 35.5. The maximum absolute atomic E-state index is 12.2. The molecule has 4 aromatic rings. The number of aliphatic hydroxyl groups is 2. The van der Waals surface area contributed by atoms with Crippen molar-refractivity contribution < 1.29 is 19.7 Å². The SMILES string of the molecule is CNC(=O)[C@H]1S[C@@H](n2cnc3c(NCc4cc(OC)ccn4)nc(-c4cncc(Cl)c4)nc32)[C@H](O)[C@@H]1O. The molecule has 0 unspecified atom stereocenters. The molecular weight excluding hydrogens is 520 g/mol. The molecule has 12 nitrogen and oxygen atoms in total. The van der Waals surface area contributed by atoms with E-state index in [1.54, 1.807) is 42.3 Å². The lowest BCUT2D eigenvalue weighted by atomic mass is 10.1. The van der Waals surface area contributed by atoms with Crippen LogP contribution >= 0.6 is 23.4 Å². The summed E-state index contributed by atoms with van der Waals surface area (Å²) in [7, 11) is 3.06. The predicted molar refractivity (Wildman–Crippen MR) is 138 cm³/mol. The molecule has 0 aliphatic carbocycles. The van der Waals surface area contributed by atoms with E-state index in [1.807, 2.05) is 0 Å². The summed E-state index contributed by atoms with van der Waals surface area (Å²) in [5.74, 6) is 1.04. The number of aromatic nitrogens is 6. The fourth-order valence-corrected chi connectivity index (χ4v) is 5.64. The molecule has 5 heterocycles. The maximum Gasteiger partial charge on any atom is 0.235 e. The summed E-state index contributed by atoms with van der Waals surface area (Å²) in [5.41, 5.74) is 2.13. The average Bonchev–Trinajstić information content (AvgIpc) is 3.47. The van der Waals surface area contributed by atoms with E-state index in [0.717, 1.165) is 17.5 Å². The van der Waals surface area contributed by atoms with Gasteiger partial charge in [-0.3, -0.25) is 19.3 Å². The van der Waals surface area contributed by atoms with Gasteiger partial charge in [0.05, 0.1) is 30.7 Å². The second-order valence-corrected chi connectivity index (χ2v) is 9.89. The van der Waals surface area contributed by atoms with Crippen molar-refractivity contribution in [2.75, 3.05) is 19.5 Å². The number of rotatable bonds is 7. The van der Waals surface area contributed by atoms with Gasteiger partial charge in [0.1, 0.15) is 28.6 Å². The van der Waals surface area contributed by atoms with Gasteiger partial charge in [0.15, 0.2) is 22.8 Å². The Kier molecular flexibility index (Phi) is 7.11. The minimum atomic E-state index is -1.26. The Morgan fingerprint density at radius 2 is 2.05 bits per heavy atom. The Bertz CT molecular complexity index is 1450. The third-order valence-electron chi connectivity index (χ3n) is 5.86. The van der Waals surface area contributed by atoms with E-state index in [2.05, 4.69) is 30.6 Å². The van der Waals surface area contributed by atoms with Gasteiger partial charge in [0.2, 0.25) is 5.91 Å². The van der Waals surface area contributed by atoms with Gasteiger partial charge in [-0.1, -0.05) is 11.6 Å². The minimum absolute atomic E-state index is 0.321. The van der Waals surface area contributed by atoms with Crippen LogP contribution in [-0.4, -0.2) is 77.2 Å². The van der Waals surface area contributed by atoms with Crippen molar-refractivity contribution in [2.45, 2.75) is 29.4 Å². The van der Waals surface area contributed by atoms with Crippen LogP contribution in [0.1, 0.15) is 11.1 Å². The number of halogens is 1. The minimum Gasteiger partial charge on any atom is -0.497 e. The zero-order valence-corrected chi connectivity index (χ0v) is 21.3. The lowest BCUT2D eigenvalue weighted by Crippen LogP contribution is -2.39. The molecule has 0 spiro atoms. The van der Waals surface area contributed by atoms with E-state index in [0.29, 0.717) is 45.7 Å². The first-order chi connectivity index (χ1) is 17.9. The van der Waals surface area contributed by atoms with E-state index in [1.165, 1.54) is 19.6 Å². The molecule has 5 rings (SSSR count). The highest BCUT2D eigenvalue weighted by Crippen LogP contribution is 2.43.